The molecule has 1 unspecified atom stereocenters. The molecule has 1 aliphatic heterocycles. The third-order valence-corrected chi connectivity index (χ3v) is 3.98. The second-order valence-electron chi connectivity index (χ2n) is 4.93. The molecule has 0 saturated heterocycles. The van der Waals surface area contributed by atoms with Crippen LogP contribution in [0.1, 0.15) is 13.8 Å². The van der Waals surface area contributed by atoms with Crippen molar-refractivity contribution in [3.63, 3.8) is 0 Å². The van der Waals surface area contributed by atoms with Crippen LogP contribution in [0.3, 0.4) is 0 Å². The minimum atomic E-state index is -0.989. The number of anilines is 2. The summed E-state index contributed by atoms with van der Waals surface area (Å²) in [5.74, 6) is -0.989. The molecule has 0 bridgehead atoms. The summed E-state index contributed by atoms with van der Waals surface area (Å²) in [4.78, 5) is 3.97. The molecular weight excluding hydrogens is 224 g/mol. The molecule has 0 aliphatic carbocycles. The van der Waals surface area contributed by atoms with Crippen molar-refractivity contribution in [2.24, 2.45) is 0 Å². The minimum absolute atomic E-state index is 0.769. The zero-order valence-corrected chi connectivity index (χ0v) is 11.0. The van der Waals surface area contributed by atoms with Crippen molar-refractivity contribution in [2.75, 3.05) is 23.4 Å². The Balaban J connectivity index is 2.41. The quantitative estimate of drug-likeness (QED) is 0.833. The summed E-state index contributed by atoms with van der Waals surface area (Å²) in [7, 11) is 1.94. The predicted molar refractivity (Wildman–Crippen MR) is 76.0 cm³/mol. The first kappa shape index (κ1) is 11.4. The molecule has 1 heterocycles. The third-order valence-electron chi connectivity index (χ3n) is 3.98. The number of benzene rings is 2. The van der Waals surface area contributed by atoms with Crippen molar-refractivity contribution in [3.8, 4) is 0 Å². The van der Waals surface area contributed by atoms with E-state index in [1.54, 1.807) is 0 Å². The molecule has 0 amide bonds. The Labute approximate surface area is 107 Å². The SMILES string of the molecule is CCN1c2cccc3cccc(c23)N(C)C1(C)O. The lowest BCUT2D eigenvalue weighted by molar-refractivity contribution is 0.0566. The lowest BCUT2D eigenvalue weighted by atomic mass is 10.0. The van der Waals surface area contributed by atoms with E-state index < -0.39 is 5.85 Å². The molecule has 18 heavy (non-hydrogen) atoms. The average molecular weight is 242 g/mol. The van der Waals surface area contributed by atoms with Crippen LogP contribution in [0.2, 0.25) is 0 Å². The summed E-state index contributed by atoms with van der Waals surface area (Å²) < 4.78 is 0. The summed E-state index contributed by atoms with van der Waals surface area (Å²) in [5, 5.41) is 13.2. The lowest BCUT2D eigenvalue weighted by Crippen LogP contribution is -2.60. The highest BCUT2D eigenvalue weighted by Gasteiger charge is 2.38. The Morgan fingerprint density at radius 1 is 1.11 bits per heavy atom. The van der Waals surface area contributed by atoms with Crippen LogP contribution < -0.4 is 9.80 Å². The number of hydrogen-bond donors (Lipinski definition) is 1. The monoisotopic (exact) mass is 242 g/mol. The van der Waals surface area contributed by atoms with Gasteiger partial charge in [-0.25, -0.2) is 0 Å². The van der Waals surface area contributed by atoms with Gasteiger partial charge < -0.3 is 14.9 Å². The van der Waals surface area contributed by atoms with E-state index in [-0.39, 0.29) is 0 Å². The molecule has 1 N–H and O–H groups in total. The summed E-state index contributed by atoms with van der Waals surface area (Å²) >= 11 is 0. The second kappa shape index (κ2) is 3.62. The van der Waals surface area contributed by atoms with Crippen molar-refractivity contribution in [1.82, 2.24) is 0 Å². The predicted octanol–water partition coefficient (Wildman–Crippen LogP) is 2.78. The summed E-state index contributed by atoms with van der Waals surface area (Å²) in [6.45, 7) is 4.67. The van der Waals surface area contributed by atoms with Crippen molar-refractivity contribution >= 4 is 22.1 Å². The molecule has 94 valence electrons. The van der Waals surface area contributed by atoms with Gasteiger partial charge in [0, 0.05) is 25.9 Å². The first-order valence-corrected chi connectivity index (χ1v) is 6.33. The van der Waals surface area contributed by atoms with E-state index in [1.807, 2.05) is 35.9 Å². The van der Waals surface area contributed by atoms with E-state index in [1.165, 1.54) is 10.8 Å². The lowest BCUT2D eigenvalue weighted by Gasteiger charge is -2.49. The molecule has 2 aromatic carbocycles. The zero-order chi connectivity index (χ0) is 12.9. The van der Waals surface area contributed by atoms with Gasteiger partial charge in [0.1, 0.15) is 0 Å². The fraction of sp³-hybridized carbons (Fsp3) is 0.333. The molecule has 3 rings (SSSR count). The molecule has 0 aromatic heterocycles. The fourth-order valence-electron chi connectivity index (χ4n) is 2.91. The number of hydrogen-bond acceptors (Lipinski definition) is 3. The first-order valence-electron chi connectivity index (χ1n) is 6.33. The molecule has 1 aliphatic rings. The molecule has 0 radical (unpaired) electrons. The van der Waals surface area contributed by atoms with Gasteiger partial charge in [-0.05, 0) is 24.4 Å². The first-order chi connectivity index (χ1) is 8.57. The van der Waals surface area contributed by atoms with E-state index in [0.29, 0.717) is 0 Å². The van der Waals surface area contributed by atoms with Crippen molar-refractivity contribution in [1.29, 1.82) is 0 Å². The molecule has 0 spiro atoms. The summed E-state index contributed by atoms with van der Waals surface area (Å²) in [6.07, 6.45) is 0. The van der Waals surface area contributed by atoms with Crippen LogP contribution >= 0.6 is 0 Å². The molecule has 0 saturated carbocycles. The third kappa shape index (κ3) is 1.28. The van der Waals surface area contributed by atoms with Crippen LogP contribution in [-0.4, -0.2) is 24.5 Å². The van der Waals surface area contributed by atoms with Crippen LogP contribution in [0.25, 0.3) is 10.8 Å². The van der Waals surface area contributed by atoms with Gasteiger partial charge in [-0.3, -0.25) is 0 Å². The normalized spacial score (nSPS) is 22.7. The van der Waals surface area contributed by atoms with Gasteiger partial charge in [-0.2, -0.15) is 0 Å². The Hall–Kier alpha value is -1.74. The smallest absolute Gasteiger partial charge is 0.215 e. The Morgan fingerprint density at radius 3 is 2.33 bits per heavy atom. The van der Waals surface area contributed by atoms with Crippen molar-refractivity contribution in [2.45, 2.75) is 19.7 Å². The average Bonchev–Trinajstić information content (AvgIpc) is 2.36. The van der Waals surface area contributed by atoms with E-state index in [4.69, 9.17) is 0 Å². The molecule has 3 heteroatoms. The highest BCUT2D eigenvalue weighted by atomic mass is 16.3. The van der Waals surface area contributed by atoms with Crippen LogP contribution in [0.5, 0.6) is 0 Å². The molecular formula is C15H18N2O. The fourth-order valence-corrected chi connectivity index (χ4v) is 2.91. The van der Waals surface area contributed by atoms with Crippen LogP contribution in [-0.2, 0) is 0 Å². The Morgan fingerprint density at radius 2 is 1.72 bits per heavy atom. The van der Waals surface area contributed by atoms with Crippen LogP contribution in [0.15, 0.2) is 36.4 Å². The van der Waals surface area contributed by atoms with E-state index in [2.05, 4.69) is 31.2 Å². The molecule has 1 atom stereocenters. The van der Waals surface area contributed by atoms with Gasteiger partial charge in [0.05, 0.1) is 11.4 Å². The molecule has 3 nitrogen and oxygen atoms in total. The van der Waals surface area contributed by atoms with E-state index >= 15 is 0 Å². The van der Waals surface area contributed by atoms with Gasteiger partial charge in [0.15, 0.2) is 0 Å². The maximum absolute atomic E-state index is 10.8. The topological polar surface area (TPSA) is 26.7 Å². The van der Waals surface area contributed by atoms with Gasteiger partial charge in [0.2, 0.25) is 5.85 Å². The number of nitrogens with zero attached hydrogens (tertiary/aromatic N) is 2. The van der Waals surface area contributed by atoms with E-state index in [0.717, 1.165) is 17.9 Å². The number of rotatable bonds is 1. The van der Waals surface area contributed by atoms with Crippen LogP contribution in [0, 0.1) is 0 Å². The summed E-state index contributed by atoms with van der Waals surface area (Å²) in [5.41, 5.74) is 2.19. The van der Waals surface area contributed by atoms with Gasteiger partial charge >= 0.3 is 0 Å². The van der Waals surface area contributed by atoms with Crippen molar-refractivity contribution < 1.29 is 5.11 Å². The molecule has 0 fully saturated rings. The minimum Gasteiger partial charge on any atom is -0.354 e. The highest BCUT2D eigenvalue weighted by Crippen LogP contribution is 2.43. The zero-order valence-electron chi connectivity index (χ0n) is 11.0. The van der Waals surface area contributed by atoms with Gasteiger partial charge in [-0.15, -0.1) is 0 Å². The summed E-state index contributed by atoms with van der Waals surface area (Å²) in [6, 6.07) is 12.5. The van der Waals surface area contributed by atoms with E-state index in [9.17, 15) is 5.11 Å². The second-order valence-corrected chi connectivity index (χ2v) is 4.93. The van der Waals surface area contributed by atoms with Crippen LogP contribution in [0.4, 0.5) is 11.4 Å². The number of aliphatic hydroxyl groups is 1. The van der Waals surface area contributed by atoms with Gasteiger partial charge in [-0.1, -0.05) is 24.3 Å². The largest absolute Gasteiger partial charge is 0.354 e. The Kier molecular flexibility index (Phi) is 2.29. The standard InChI is InChI=1S/C15H18N2O/c1-4-17-13-10-6-8-11-7-5-9-12(14(11)13)16(3)15(17,2)18/h5-10,18H,4H2,1-3H3. The maximum Gasteiger partial charge on any atom is 0.215 e. The Bertz CT molecular complexity index is 601. The van der Waals surface area contributed by atoms with Crippen molar-refractivity contribution in [3.05, 3.63) is 36.4 Å². The maximum atomic E-state index is 10.8. The van der Waals surface area contributed by atoms with Gasteiger partial charge in [0.25, 0.3) is 0 Å². The molecule has 2 aromatic rings. The highest BCUT2D eigenvalue weighted by molar-refractivity contribution is 6.05.